The van der Waals surface area contributed by atoms with E-state index >= 15 is 0 Å². The van der Waals surface area contributed by atoms with Crippen LogP contribution in [0, 0.1) is 5.92 Å². The van der Waals surface area contributed by atoms with Crippen LogP contribution in [0.3, 0.4) is 0 Å². The maximum Gasteiger partial charge on any atom is 0.353 e. The molecule has 116 valence electrons. The fourth-order valence-electron chi connectivity index (χ4n) is 2.61. The summed E-state index contributed by atoms with van der Waals surface area (Å²) < 4.78 is 22.4. The van der Waals surface area contributed by atoms with Crippen LogP contribution in [-0.2, 0) is 18.9 Å². The predicted molar refractivity (Wildman–Crippen MR) is 80.6 cm³/mol. The van der Waals surface area contributed by atoms with E-state index in [1.807, 2.05) is 0 Å². The topological polar surface area (TPSA) is 36.9 Å². The van der Waals surface area contributed by atoms with Gasteiger partial charge >= 0.3 is 5.24 Å². The van der Waals surface area contributed by atoms with E-state index in [-0.39, 0.29) is 11.9 Å². The third kappa shape index (κ3) is 4.57. The minimum Gasteiger partial charge on any atom is -0.453 e. The van der Waals surface area contributed by atoms with Crippen molar-refractivity contribution in [2.45, 2.75) is 64.3 Å². The fraction of sp³-hybridized carbons (Fsp3) is 0.933. The molecule has 0 saturated carbocycles. The van der Waals surface area contributed by atoms with E-state index in [1.165, 1.54) is 6.42 Å². The Labute approximate surface area is 127 Å². The van der Waals surface area contributed by atoms with Gasteiger partial charge in [0, 0.05) is 18.8 Å². The monoisotopic (exact) mass is 302 g/mol. The summed E-state index contributed by atoms with van der Waals surface area (Å²) in [5, 5.41) is 0.298. The van der Waals surface area contributed by atoms with Crippen LogP contribution in [0.25, 0.3) is 0 Å². The van der Waals surface area contributed by atoms with E-state index in [2.05, 4.69) is 13.8 Å². The summed E-state index contributed by atoms with van der Waals surface area (Å²) in [5.41, 5.74) is -0.216. The van der Waals surface area contributed by atoms with Crippen molar-refractivity contribution in [3.05, 3.63) is 0 Å². The molecule has 4 nitrogen and oxygen atoms in total. The Hall–Kier alpha value is -0.390. The summed E-state index contributed by atoms with van der Waals surface area (Å²) in [6.07, 6.45) is 6.33. The van der Waals surface area contributed by atoms with E-state index in [0.29, 0.717) is 17.8 Å². The molecular formula is C15H26O4S. The summed E-state index contributed by atoms with van der Waals surface area (Å²) in [5.74, 6) is 0.488. The lowest BCUT2D eigenvalue weighted by Gasteiger charge is -2.27. The van der Waals surface area contributed by atoms with Gasteiger partial charge in [-0.25, -0.2) is 0 Å². The van der Waals surface area contributed by atoms with Crippen molar-refractivity contribution in [1.29, 1.82) is 0 Å². The summed E-state index contributed by atoms with van der Waals surface area (Å²) in [4.78, 5) is 0. The highest BCUT2D eigenvalue weighted by Crippen LogP contribution is 2.30. The second-order valence-electron chi connectivity index (χ2n) is 5.95. The lowest BCUT2D eigenvalue weighted by Crippen LogP contribution is -2.32. The Morgan fingerprint density at radius 1 is 1.45 bits per heavy atom. The van der Waals surface area contributed by atoms with Gasteiger partial charge < -0.3 is 18.9 Å². The molecule has 0 radical (unpaired) electrons. The molecule has 0 aromatic rings. The van der Waals surface area contributed by atoms with Gasteiger partial charge in [0.25, 0.3) is 0 Å². The molecule has 2 heterocycles. The summed E-state index contributed by atoms with van der Waals surface area (Å²) in [7, 11) is 0. The average molecular weight is 302 g/mol. The maximum absolute atomic E-state index is 5.83. The van der Waals surface area contributed by atoms with Crippen molar-refractivity contribution in [1.82, 2.24) is 0 Å². The van der Waals surface area contributed by atoms with E-state index in [1.54, 1.807) is 0 Å². The number of rotatable bonds is 7. The minimum atomic E-state index is -0.216. The Kier molecular flexibility index (Phi) is 6.05. The van der Waals surface area contributed by atoms with Gasteiger partial charge in [-0.1, -0.05) is 13.8 Å². The predicted octanol–water partition coefficient (Wildman–Crippen LogP) is 3.43. The first-order chi connectivity index (χ1) is 9.63. The van der Waals surface area contributed by atoms with E-state index < -0.39 is 0 Å². The first kappa shape index (κ1) is 16.0. The van der Waals surface area contributed by atoms with Crippen LogP contribution in [0.4, 0.5) is 0 Å². The molecule has 0 aromatic carbocycles. The van der Waals surface area contributed by atoms with Gasteiger partial charge in [-0.15, -0.1) is 0 Å². The molecule has 0 spiro atoms. The molecular weight excluding hydrogens is 276 g/mol. The zero-order valence-corrected chi connectivity index (χ0v) is 13.4. The van der Waals surface area contributed by atoms with Crippen LogP contribution in [0.2, 0.25) is 0 Å². The summed E-state index contributed by atoms with van der Waals surface area (Å²) in [6, 6.07) is 0. The normalized spacial score (nSPS) is 31.7. The molecule has 1 unspecified atom stereocenters. The molecule has 0 aromatic heterocycles. The van der Waals surface area contributed by atoms with Crippen LogP contribution in [0.1, 0.15) is 52.4 Å². The molecule has 3 atom stereocenters. The van der Waals surface area contributed by atoms with Gasteiger partial charge in [-0.2, -0.15) is 0 Å². The number of hydrogen-bond donors (Lipinski definition) is 0. The second kappa shape index (κ2) is 7.57. The Morgan fingerprint density at radius 2 is 2.30 bits per heavy atom. The molecule has 2 aliphatic heterocycles. The highest BCUT2D eigenvalue weighted by atomic mass is 32.1. The number of hydrogen-bond acceptors (Lipinski definition) is 5. The van der Waals surface area contributed by atoms with Crippen LogP contribution >= 0.6 is 12.2 Å². The molecule has 5 heteroatoms. The first-order valence-corrected chi connectivity index (χ1v) is 8.13. The minimum absolute atomic E-state index is 0.00461. The van der Waals surface area contributed by atoms with Crippen LogP contribution < -0.4 is 0 Å². The molecule has 20 heavy (non-hydrogen) atoms. The van der Waals surface area contributed by atoms with Crippen LogP contribution in [-0.4, -0.2) is 36.9 Å². The number of ether oxygens (including phenoxy) is 4. The molecule has 0 aliphatic carbocycles. The van der Waals surface area contributed by atoms with Crippen molar-refractivity contribution >= 4 is 17.5 Å². The second-order valence-corrected chi connectivity index (χ2v) is 6.28. The smallest absolute Gasteiger partial charge is 0.353 e. The Morgan fingerprint density at radius 3 is 2.90 bits per heavy atom. The van der Waals surface area contributed by atoms with Gasteiger partial charge in [0.2, 0.25) is 0 Å². The molecule has 0 bridgehead atoms. The van der Waals surface area contributed by atoms with Crippen LogP contribution in [0.15, 0.2) is 0 Å². The van der Waals surface area contributed by atoms with Crippen molar-refractivity contribution in [2.75, 3.05) is 19.8 Å². The molecule has 2 fully saturated rings. The Balaban J connectivity index is 1.66. The van der Waals surface area contributed by atoms with Crippen molar-refractivity contribution in [2.24, 2.45) is 5.92 Å². The maximum atomic E-state index is 5.83. The third-order valence-electron chi connectivity index (χ3n) is 4.19. The van der Waals surface area contributed by atoms with E-state index in [0.717, 1.165) is 45.3 Å². The lowest BCUT2D eigenvalue weighted by atomic mass is 9.91. The molecule has 0 amide bonds. The van der Waals surface area contributed by atoms with Gasteiger partial charge in [-0.05, 0) is 44.4 Å². The zero-order chi connectivity index (χ0) is 14.4. The van der Waals surface area contributed by atoms with Crippen molar-refractivity contribution in [3.8, 4) is 0 Å². The quantitative estimate of drug-likeness (QED) is 0.674. The SMILES string of the molecule is CC[C@]1(CC[C@@H](C)COC2CCCCO2)COC(=S)O1. The van der Waals surface area contributed by atoms with Crippen molar-refractivity contribution in [3.63, 3.8) is 0 Å². The Bertz CT molecular complexity index is 317. The number of thiocarbonyl (C=S) groups is 1. The molecule has 2 saturated heterocycles. The first-order valence-electron chi connectivity index (χ1n) is 7.72. The van der Waals surface area contributed by atoms with Gasteiger partial charge in [-0.3, -0.25) is 0 Å². The average Bonchev–Trinajstić information content (AvgIpc) is 2.86. The van der Waals surface area contributed by atoms with Crippen LogP contribution in [0.5, 0.6) is 0 Å². The van der Waals surface area contributed by atoms with Crippen molar-refractivity contribution < 1.29 is 18.9 Å². The van der Waals surface area contributed by atoms with Gasteiger partial charge in [0.15, 0.2) is 6.29 Å². The highest BCUT2D eigenvalue weighted by molar-refractivity contribution is 7.79. The molecule has 0 N–H and O–H groups in total. The third-order valence-corrected chi connectivity index (χ3v) is 4.40. The highest BCUT2D eigenvalue weighted by Gasteiger charge is 2.38. The molecule has 2 rings (SSSR count). The lowest BCUT2D eigenvalue weighted by molar-refractivity contribution is -0.168. The fourth-order valence-corrected chi connectivity index (χ4v) is 2.84. The summed E-state index contributed by atoms with van der Waals surface area (Å²) in [6.45, 7) is 6.49. The summed E-state index contributed by atoms with van der Waals surface area (Å²) >= 11 is 4.97. The van der Waals surface area contributed by atoms with E-state index in [9.17, 15) is 0 Å². The van der Waals surface area contributed by atoms with Gasteiger partial charge in [0.05, 0.1) is 6.61 Å². The zero-order valence-electron chi connectivity index (χ0n) is 12.6. The standard InChI is InChI=1S/C15H26O4S/c1-3-15(11-18-14(20)19-15)8-7-12(2)10-17-13-6-4-5-9-16-13/h12-13H,3-11H2,1-2H3/t12-,13?,15+/m1/s1. The van der Waals surface area contributed by atoms with Gasteiger partial charge in [0.1, 0.15) is 12.2 Å². The molecule has 2 aliphatic rings. The largest absolute Gasteiger partial charge is 0.453 e. The van der Waals surface area contributed by atoms with E-state index in [4.69, 9.17) is 31.2 Å².